The number of carbonyl (C=O) groups excluding carboxylic acids is 1. The van der Waals surface area contributed by atoms with E-state index in [1.807, 2.05) is 30.3 Å². The number of hydrogen-bond acceptors (Lipinski definition) is 2. The van der Waals surface area contributed by atoms with Gasteiger partial charge >= 0.3 is 0 Å². The third-order valence-corrected chi connectivity index (χ3v) is 5.68. The summed E-state index contributed by atoms with van der Waals surface area (Å²) in [7, 11) is 6.49. The molecule has 3 nitrogen and oxygen atoms in total. The maximum atomic E-state index is 12.7. The largest absolute Gasteiger partial charge is 0.456 e. The monoisotopic (exact) mass is 436 g/mol. The first kappa shape index (κ1) is 23.1. The second kappa shape index (κ2) is 10.1. The van der Waals surface area contributed by atoms with Crippen LogP contribution in [0.25, 0.3) is 0 Å². The fourth-order valence-corrected chi connectivity index (χ4v) is 3.70. The van der Waals surface area contributed by atoms with Crippen molar-refractivity contribution in [3.8, 4) is 11.5 Å². The minimum Gasteiger partial charge on any atom is -0.456 e. The SMILES string of the molecule is CC(CCC(=O)c1ccc(Oc2ccccc2)c(Cl)c1)Cc1ccc([N+](C)(C)C)cc1. The quantitative estimate of drug-likeness (QED) is 0.262. The molecule has 0 N–H and O–H groups in total. The molecule has 0 spiro atoms. The van der Waals surface area contributed by atoms with E-state index >= 15 is 0 Å². The van der Waals surface area contributed by atoms with E-state index in [1.165, 1.54) is 11.3 Å². The van der Waals surface area contributed by atoms with Crippen molar-refractivity contribution >= 4 is 23.1 Å². The lowest BCUT2D eigenvalue weighted by Gasteiger charge is -2.23. The number of carbonyl (C=O) groups is 1. The van der Waals surface area contributed by atoms with Gasteiger partial charge in [0, 0.05) is 12.0 Å². The summed E-state index contributed by atoms with van der Waals surface area (Å²) < 4.78 is 6.60. The van der Waals surface area contributed by atoms with Gasteiger partial charge in [-0.15, -0.1) is 0 Å². The van der Waals surface area contributed by atoms with Crippen LogP contribution in [0.1, 0.15) is 35.7 Å². The van der Waals surface area contributed by atoms with Crippen LogP contribution in [0.4, 0.5) is 5.69 Å². The summed E-state index contributed by atoms with van der Waals surface area (Å²) in [5.41, 5.74) is 3.22. The molecule has 4 heteroatoms. The Labute approximate surface area is 190 Å². The van der Waals surface area contributed by atoms with Gasteiger partial charge in [0.05, 0.1) is 26.2 Å². The molecular formula is C27H31ClNO2+. The molecule has 1 unspecified atom stereocenters. The highest BCUT2D eigenvalue weighted by Crippen LogP contribution is 2.30. The van der Waals surface area contributed by atoms with Crippen LogP contribution in [0.2, 0.25) is 5.02 Å². The molecule has 0 aliphatic heterocycles. The summed E-state index contributed by atoms with van der Waals surface area (Å²) in [4.78, 5) is 12.7. The number of quaternary nitrogens is 1. The second-order valence-electron chi connectivity index (χ2n) is 9.01. The summed E-state index contributed by atoms with van der Waals surface area (Å²) in [6.07, 6.45) is 2.32. The number of rotatable bonds is 9. The van der Waals surface area contributed by atoms with Crippen LogP contribution in [-0.4, -0.2) is 26.9 Å². The predicted octanol–water partition coefficient (Wildman–Crippen LogP) is 7.17. The summed E-state index contributed by atoms with van der Waals surface area (Å²) >= 11 is 6.36. The van der Waals surface area contributed by atoms with Crippen molar-refractivity contribution in [1.29, 1.82) is 0 Å². The fraction of sp³-hybridized carbons (Fsp3) is 0.296. The van der Waals surface area contributed by atoms with E-state index in [0.717, 1.165) is 17.3 Å². The number of hydrogen-bond donors (Lipinski definition) is 0. The van der Waals surface area contributed by atoms with Crippen molar-refractivity contribution in [3.05, 3.63) is 88.9 Å². The van der Waals surface area contributed by atoms with Gasteiger partial charge in [-0.2, -0.15) is 0 Å². The molecule has 0 saturated carbocycles. The van der Waals surface area contributed by atoms with Crippen LogP contribution in [0.5, 0.6) is 11.5 Å². The number of nitrogens with zero attached hydrogens (tertiary/aromatic N) is 1. The van der Waals surface area contributed by atoms with Crippen molar-refractivity contribution in [3.63, 3.8) is 0 Å². The summed E-state index contributed by atoms with van der Waals surface area (Å²) in [5.74, 6) is 1.80. The zero-order chi connectivity index (χ0) is 22.4. The normalized spacial score (nSPS) is 12.4. The molecule has 3 aromatic carbocycles. The van der Waals surface area contributed by atoms with E-state index in [2.05, 4.69) is 52.3 Å². The maximum Gasteiger partial charge on any atom is 0.162 e. The van der Waals surface area contributed by atoms with Crippen molar-refractivity contribution in [2.24, 2.45) is 5.92 Å². The van der Waals surface area contributed by atoms with Gasteiger partial charge in [-0.05, 0) is 66.8 Å². The predicted molar refractivity (Wildman–Crippen MR) is 130 cm³/mol. The maximum absolute atomic E-state index is 12.7. The van der Waals surface area contributed by atoms with Gasteiger partial charge < -0.3 is 4.74 Å². The Morgan fingerprint density at radius 1 is 0.968 bits per heavy atom. The highest BCUT2D eigenvalue weighted by molar-refractivity contribution is 6.32. The van der Waals surface area contributed by atoms with Gasteiger partial charge in [-0.25, -0.2) is 0 Å². The Morgan fingerprint density at radius 3 is 2.26 bits per heavy atom. The molecule has 0 heterocycles. The van der Waals surface area contributed by atoms with Crippen molar-refractivity contribution in [2.45, 2.75) is 26.2 Å². The molecule has 0 radical (unpaired) electrons. The van der Waals surface area contributed by atoms with Gasteiger partial charge in [0.2, 0.25) is 0 Å². The smallest absolute Gasteiger partial charge is 0.162 e. The molecule has 162 valence electrons. The molecule has 31 heavy (non-hydrogen) atoms. The van der Waals surface area contributed by atoms with E-state index in [4.69, 9.17) is 16.3 Å². The van der Waals surface area contributed by atoms with Crippen LogP contribution in [0.3, 0.4) is 0 Å². The van der Waals surface area contributed by atoms with Crippen molar-refractivity contribution in [1.82, 2.24) is 4.48 Å². The minimum absolute atomic E-state index is 0.111. The first-order valence-corrected chi connectivity index (χ1v) is 11.1. The van der Waals surface area contributed by atoms with Crippen molar-refractivity contribution in [2.75, 3.05) is 21.1 Å². The second-order valence-corrected chi connectivity index (χ2v) is 9.42. The van der Waals surface area contributed by atoms with Gasteiger partial charge in [-0.1, -0.05) is 48.9 Å². The van der Waals surface area contributed by atoms with Crippen molar-refractivity contribution < 1.29 is 9.53 Å². The van der Waals surface area contributed by atoms with Gasteiger partial charge in [-0.3, -0.25) is 9.28 Å². The summed E-state index contributed by atoms with van der Waals surface area (Å²) in [6, 6.07) is 23.5. The van der Waals surface area contributed by atoms with E-state index in [0.29, 0.717) is 34.4 Å². The number of Topliss-reactive ketones (excluding diaryl/α,β-unsaturated/α-hetero) is 1. The number of ether oxygens (including phenoxy) is 1. The average Bonchev–Trinajstić information content (AvgIpc) is 2.74. The lowest BCUT2D eigenvalue weighted by Crippen LogP contribution is -2.34. The number of ketones is 1. The third-order valence-electron chi connectivity index (χ3n) is 5.38. The molecule has 0 aliphatic carbocycles. The highest BCUT2D eigenvalue weighted by Gasteiger charge is 2.14. The van der Waals surface area contributed by atoms with Crippen LogP contribution >= 0.6 is 11.6 Å². The molecule has 0 saturated heterocycles. The zero-order valence-corrected chi connectivity index (χ0v) is 19.5. The zero-order valence-electron chi connectivity index (χ0n) is 18.8. The Kier molecular flexibility index (Phi) is 7.53. The summed E-state index contributed by atoms with van der Waals surface area (Å²) in [6.45, 7) is 2.20. The first-order valence-electron chi connectivity index (χ1n) is 10.7. The molecule has 3 aromatic rings. The molecule has 1 atom stereocenters. The van der Waals surface area contributed by atoms with E-state index in [-0.39, 0.29) is 5.78 Å². The number of benzene rings is 3. The van der Waals surface area contributed by atoms with E-state index < -0.39 is 0 Å². The lowest BCUT2D eigenvalue weighted by atomic mass is 9.94. The molecule has 0 amide bonds. The Bertz CT molecular complexity index is 1010. The van der Waals surface area contributed by atoms with E-state index in [9.17, 15) is 4.79 Å². The first-order chi connectivity index (χ1) is 14.7. The fourth-order valence-electron chi connectivity index (χ4n) is 3.48. The van der Waals surface area contributed by atoms with Gasteiger partial charge in [0.1, 0.15) is 17.2 Å². The molecule has 3 rings (SSSR count). The van der Waals surface area contributed by atoms with Crippen LogP contribution in [0.15, 0.2) is 72.8 Å². The van der Waals surface area contributed by atoms with Gasteiger partial charge in [0.15, 0.2) is 5.78 Å². The standard InChI is InChI=1S/C27H31ClNO2/c1-20(18-21-11-14-23(15-12-21)29(2,3)4)10-16-26(30)22-13-17-27(25(28)19-22)31-24-8-6-5-7-9-24/h5-9,11-15,17,19-20H,10,16,18H2,1-4H3/q+1. The minimum atomic E-state index is 0.111. The number of para-hydroxylation sites is 1. The topological polar surface area (TPSA) is 26.3 Å². The van der Waals surface area contributed by atoms with Crippen LogP contribution < -0.4 is 9.22 Å². The lowest BCUT2D eigenvalue weighted by molar-refractivity contribution is 0.0974. The summed E-state index contributed by atoms with van der Waals surface area (Å²) in [5, 5.41) is 0.445. The average molecular weight is 437 g/mol. The Morgan fingerprint density at radius 2 is 1.65 bits per heavy atom. The Balaban J connectivity index is 1.53. The molecule has 0 aliphatic rings. The molecule has 0 fully saturated rings. The Hall–Kier alpha value is -2.62. The van der Waals surface area contributed by atoms with Crippen LogP contribution in [-0.2, 0) is 6.42 Å². The molecule has 0 bridgehead atoms. The molecule has 0 aromatic heterocycles. The molecular weight excluding hydrogens is 406 g/mol. The third kappa shape index (κ3) is 6.68. The highest BCUT2D eigenvalue weighted by atomic mass is 35.5. The van der Waals surface area contributed by atoms with Crippen LogP contribution in [0, 0.1) is 5.92 Å². The van der Waals surface area contributed by atoms with Gasteiger partial charge in [0.25, 0.3) is 0 Å². The van der Waals surface area contributed by atoms with E-state index in [1.54, 1.807) is 18.2 Å². The number of halogens is 1.